The summed E-state index contributed by atoms with van der Waals surface area (Å²) >= 11 is 0. The van der Waals surface area contributed by atoms with Crippen molar-refractivity contribution < 1.29 is 26.5 Å². The van der Waals surface area contributed by atoms with E-state index in [0.717, 1.165) is 51.6 Å². The van der Waals surface area contributed by atoms with Crippen LogP contribution < -0.4 is 10.6 Å². The minimum atomic E-state index is -3.91. The Kier molecular flexibility index (Phi) is 17.1. The highest BCUT2D eigenvalue weighted by Gasteiger charge is 2.35. The summed E-state index contributed by atoms with van der Waals surface area (Å²) in [6.07, 6.45) is 4.67. The molecule has 2 heterocycles. The van der Waals surface area contributed by atoms with E-state index in [9.17, 15) is 16.8 Å². The Bertz CT molecular complexity index is 2000. The lowest BCUT2D eigenvalue weighted by Gasteiger charge is -2.30. The van der Waals surface area contributed by atoms with Gasteiger partial charge in [-0.05, 0) is 130 Å². The Morgan fingerprint density at radius 1 is 0.633 bits per heavy atom. The zero-order valence-electron chi connectivity index (χ0n) is 36.8. The van der Waals surface area contributed by atoms with Gasteiger partial charge in [0, 0.05) is 74.6 Å². The number of hydrogen-bond donors (Lipinski definition) is 2. The van der Waals surface area contributed by atoms with Gasteiger partial charge in [-0.25, -0.2) is 26.8 Å². The lowest BCUT2D eigenvalue weighted by atomic mass is 9.83. The topological polar surface area (TPSA) is 173 Å². The predicted molar refractivity (Wildman–Crippen MR) is 239 cm³/mol. The van der Waals surface area contributed by atoms with Crippen molar-refractivity contribution in [2.75, 3.05) is 93.6 Å². The molecule has 2 N–H and O–H groups in total. The fourth-order valence-electron chi connectivity index (χ4n) is 7.26. The molecule has 0 amide bonds. The highest BCUT2D eigenvalue weighted by molar-refractivity contribution is 7.89. The number of nitrogens with zero attached hydrogens (tertiary/aromatic N) is 8. The summed E-state index contributed by atoms with van der Waals surface area (Å²) in [5, 5.41) is 15.6. The molecule has 0 atom stereocenters. The Balaban J connectivity index is 1.69. The van der Waals surface area contributed by atoms with Gasteiger partial charge in [-0.3, -0.25) is 0 Å². The number of piperidine rings is 2. The summed E-state index contributed by atoms with van der Waals surface area (Å²) in [4.78, 5) is 25.7. The number of amidine groups is 2. The van der Waals surface area contributed by atoms with Gasteiger partial charge in [0.1, 0.15) is 11.4 Å². The van der Waals surface area contributed by atoms with Gasteiger partial charge >= 0.3 is 12.0 Å². The van der Waals surface area contributed by atoms with Crippen molar-refractivity contribution >= 4 is 43.5 Å². The number of rotatable bonds is 16. The minimum Gasteiger partial charge on any atom is -0.338 e. The first kappa shape index (κ1) is 47.1. The molecule has 16 nitrogen and oxygen atoms in total. The summed E-state index contributed by atoms with van der Waals surface area (Å²) in [5.41, 5.74) is 2.40. The fraction of sp³-hybridized carbons (Fsp3) is 0.619. The van der Waals surface area contributed by atoms with Crippen LogP contribution in [0.3, 0.4) is 0 Å². The Labute approximate surface area is 358 Å². The highest BCUT2D eigenvalue weighted by Crippen LogP contribution is 2.35. The Morgan fingerprint density at radius 2 is 1.00 bits per heavy atom. The van der Waals surface area contributed by atoms with Crippen LogP contribution in [-0.4, -0.2) is 152 Å². The number of nitrogens with one attached hydrogen (secondary N) is 2. The first-order valence-corrected chi connectivity index (χ1v) is 24.2. The van der Waals surface area contributed by atoms with Crippen LogP contribution in [0, 0.1) is 11.8 Å². The molecule has 3 aliphatic rings. The molecule has 332 valence electrons. The van der Waals surface area contributed by atoms with Crippen molar-refractivity contribution in [1.82, 2.24) is 29.0 Å². The SMILES string of the molecule is CCNC(=NCCCN(C)C)ON=C1c2ccc(S(=O)(=O)N3CCC(C)CC3)cc2C(=NOC(=NCCCN(C)C)NCC)c2cc(S(=O)(=O)N3CCC(C)CC3)ccc21. The van der Waals surface area contributed by atoms with Crippen molar-refractivity contribution in [1.29, 1.82) is 0 Å². The predicted octanol–water partition coefficient (Wildman–Crippen LogP) is 4.21. The summed E-state index contributed by atoms with van der Waals surface area (Å²) in [6.45, 7) is 13.5. The van der Waals surface area contributed by atoms with E-state index in [-0.39, 0.29) is 27.5 Å². The molecule has 2 aromatic carbocycles. The monoisotopic (exact) mass is 870 g/mol. The van der Waals surface area contributed by atoms with Crippen LogP contribution >= 0.6 is 0 Å². The van der Waals surface area contributed by atoms with Gasteiger partial charge in [-0.2, -0.15) is 8.61 Å². The summed E-state index contributed by atoms with van der Waals surface area (Å²) in [6, 6.07) is 10.2. The quantitative estimate of drug-likeness (QED) is 0.0920. The molecule has 2 aromatic rings. The lowest BCUT2D eigenvalue weighted by molar-refractivity contribution is 0.287. The summed E-state index contributed by atoms with van der Waals surface area (Å²) < 4.78 is 60.1. The minimum absolute atomic E-state index is 0.0819. The second-order valence-electron chi connectivity index (χ2n) is 16.4. The number of sulfonamides is 2. The van der Waals surface area contributed by atoms with Crippen molar-refractivity contribution in [3.05, 3.63) is 58.7 Å². The molecule has 2 saturated heterocycles. The largest absolute Gasteiger partial charge is 0.338 e. The van der Waals surface area contributed by atoms with Gasteiger partial charge in [0.2, 0.25) is 20.0 Å². The molecule has 0 radical (unpaired) electrons. The molecule has 0 unspecified atom stereocenters. The van der Waals surface area contributed by atoms with Gasteiger partial charge < -0.3 is 30.1 Å². The number of benzene rings is 2. The van der Waals surface area contributed by atoms with Gasteiger partial charge in [0.25, 0.3) is 0 Å². The molecule has 0 saturated carbocycles. The first-order valence-electron chi connectivity index (χ1n) is 21.3. The average Bonchev–Trinajstić information content (AvgIpc) is 3.21. The first-order chi connectivity index (χ1) is 28.6. The molecule has 5 rings (SSSR count). The molecule has 60 heavy (non-hydrogen) atoms. The van der Waals surface area contributed by atoms with Crippen LogP contribution in [0.2, 0.25) is 0 Å². The van der Waals surface area contributed by atoms with E-state index < -0.39 is 20.0 Å². The number of oxime groups is 2. The average molecular weight is 871 g/mol. The molecule has 2 aliphatic heterocycles. The van der Waals surface area contributed by atoms with Crippen LogP contribution in [0.25, 0.3) is 0 Å². The zero-order chi connectivity index (χ0) is 43.5. The maximum atomic E-state index is 14.3. The van der Waals surface area contributed by atoms with Crippen molar-refractivity contribution in [3.8, 4) is 0 Å². The Morgan fingerprint density at radius 3 is 1.35 bits per heavy atom. The molecule has 0 spiro atoms. The molecule has 1 aliphatic carbocycles. The second kappa shape index (κ2) is 21.7. The third kappa shape index (κ3) is 12.1. The lowest BCUT2D eigenvalue weighted by Crippen LogP contribution is -2.38. The van der Waals surface area contributed by atoms with Crippen LogP contribution in [0.15, 0.2) is 66.5 Å². The van der Waals surface area contributed by atoms with Crippen molar-refractivity contribution in [2.24, 2.45) is 32.1 Å². The van der Waals surface area contributed by atoms with Crippen LogP contribution in [0.4, 0.5) is 0 Å². The van der Waals surface area contributed by atoms with E-state index in [2.05, 4.69) is 54.6 Å². The molecular formula is C42H66N10O6S2. The summed E-state index contributed by atoms with van der Waals surface area (Å²) in [5.74, 6) is 0.869. The van der Waals surface area contributed by atoms with E-state index in [0.29, 0.717) is 92.2 Å². The molecule has 18 heteroatoms. The molecule has 0 aromatic heterocycles. The maximum Gasteiger partial charge on any atom is 0.314 e. The van der Waals surface area contributed by atoms with E-state index in [1.807, 2.05) is 42.0 Å². The Hall–Kier alpha value is -3.94. The number of fused-ring (bicyclic) bond motifs is 2. The van der Waals surface area contributed by atoms with Crippen LogP contribution in [-0.2, 0) is 29.7 Å². The number of hydrogen-bond acceptors (Lipinski definition) is 12. The van der Waals surface area contributed by atoms with Gasteiger partial charge in [-0.15, -0.1) is 0 Å². The third-order valence-corrected chi connectivity index (χ3v) is 14.7. The molecule has 2 fully saturated rings. The van der Waals surface area contributed by atoms with E-state index >= 15 is 0 Å². The third-order valence-electron chi connectivity index (χ3n) is 10.9. The zero-order valence-corrected chi connectivity index (χ0v) is 38.4. The standard InChI is InChI=1S/C42H66N10O6S2/c1-9-43-41(45-21-11-23-49(5)6)57-47-39-35-15-13-33(59(53,54)51-25-17-31(3)18-26-51)29-37(35)40(48-58-42(44-10-2)46-22-12-24-50(7)8)38-30-34(14-16-36(38)39)60(55,56)52-27-19-32(4)20-28-52/h13-16,29-32H,9-12,17-28H2,1-8H3,(H,43,45)(H,44,46). The molecule has 0 bridgehead atoms. The van der Waals surface area contributed by atoms with E-state index in [1.54, 1.807) is 36.4 Å². The normalized spacial score (nSPS) is 17.8. The van der Waals surface area contributed by atoms with Gasteiger partial charge in [-0.1, -0.05) is 36.3 Å². The molecular weight excluding hydrogens is 805 g/mol. The fourth-order valence-corrected chi connectivity index (χ4v) is 10.3. The van der Waals surface area contributed by atoms with E-state index in [4.69, 9.17) is 9.68 Å². The van der Waals surface area contributed by atoms with E-state index in [1.165, 1.54) is 8.61 Å². The van der Waals surface area contributed by atoms with Crippen molar-refractivity contribution in [2.45, 2.75) is 76.0 Å². The van der Waals surface area contributed by atoms with Gasteiger partial charge in [0.05, 0.1) is 9.79 Å². The highest BCUT2D eigenvalue weighted by atomic mass is 32.2. The second-order valence-corrected chi connectivity index (χ2v) is 20.3. The van der Waals surface area contributed by atoms with Gasteiger partial charge in [0.15, 0.2) is 0 Å². The maximum absolute atomic E-state index is 14.3. The number of aliphatic imine (C=N–C) groups is 2. The van der Waals surface area contributed by atoms with Crippen LogP contribution in [0.5, 0.6) is 0 Å². The summed E-state index contributed by atoms with van der Waals surface area (Å²) in [7, 11) is 0.188. The van der Waals surface area contributed by atoms with Crippen molar-refractivity contribution in [3.63, 3.8) is 0 Å². The smallest absolute Gasteiger partial charge is 0.314 e. The van der Waals surface area contributed by atoms with Crippen LogP contribution in [0.1, 0.15) is 88.5 Å².